The molecule has 31 heavy (non-hydrogen) atoms. The first-order valence-electron chi connectivity index (χ1n) is 10.4. The van der Waals surface area contributed by atoms with Crippen molar-refractivity contribution in [1.29, 1.82) is 0 Å². The molecule has 2 aromatic heterocycles. The number of piperidine rings is 1. The molecule has 0 radical (unpaired) electrons. The molecule has 1 aromatic carbocycles. The van der Waals surface area contributed by atoms with E-state index in [1.54, 1.807) is 24.1 Å². The van der Waals surface area contributed by atoms with Crippen molar-refractivity contribution in [2.24, 2.45) is 0 Å². The SMILES string of the molecule is Cc1cc(C)n(CC(=O)N2CCCCC2c2ncc(Cc3cccc(Cl)c3)o2)c(=O)n1. The van der Waals surface area contributed by atoms with Gasteiger partial charge >= 0.3 is 5.69 Å². The van der Waals surface area contributed by atoms with Crippen molar-refractivity contribution in [3.63, 3.8) is 0 Å². The second-order valence-corrected chi connectivity index (χ2v) is 8.41. The number of rotatable bonds is 5. The van der Waals surface area contributed by atoms with Crippen LogP contribution < -0.4 is 5.69 Å². The summed E-state index contributed by atoms with van der Waals surface area (Å²) in [6, 6.07) is 9.19. The lowest BCUT2D eigenvalue weighted by molar-refractivity contribution is -0.136. The van der Waals surface area contributed by atoms with Crippen molar-refractivity contribution in [2.75, 3.05) is 6.54 Å². The Morgan fingerprint density at radius 2 is 2.10 bits per heavy atom. The number of amides is 1. The van der Waals surface area contributed by atoms with Gasteiger partial charge in [-0.2, -0.15) is 4.98 Å². The van der Waals surface area contributed by atoms with Gasteiger partial charge in [-0.3, -0.25) is 9.36 Å². The van der Waals surface area contributed by atoms with Crippen molar-refractivity contribution in [3.05, 3.63) is 80.6 Å². The summed E-state index contributed by atoms with van der Waals surface area (Å²) in [5, 5.41) is 0.678. The van der Waals surface area contributed by atoms with Crippen molar-refractivity contribution in [1.82, 2.24) is 19.4 Å². The number of hydrogen-bond acceptors (Lipinski definition) is 5. The van der Waals surface area contributed by atoms with Crippen LogP contribution in [0, 0.1) is 13.8 Å². The molecule has 1 aliphatic rings. The number of oxazole rings is 1. The van der Waals surface area contributed by atoms with E-state index in [-0.39, 0.29) is 18.5 Å². The lowest BCUT2D eigenvalue weighted by atomic mass is 10.0. The zero-order chi connectivity index (χ0) is 22.0. The minimum Gasteiger partial charge on any atom is -0.443 e. The normalized spacial score (nSPS) is 16.5. The number of carbonyl (C=O) groups excluding carboxylic acids is 1. The first-order chi connectivity index (χ1) is 14.9. The van der Waals surface area contributed by atoms with Gasteiger partial charge in [0.05, 0.1) is 6.20 Å². The maximum absolute atomic E-state index is 13.1. The van der Waals surface area contributed by atoms with Crippen LogP contribution in [0.15, 0.2) is 45.7 Å². The minimum absolute atomic E-state index is 0.0372. The van der Waals surface area contributed by atoms with Crippen LogP contribution in [-0.2, 0) is 17.8 Å². The smallest absolute Gasteiger partial charge is 0.348 e. The van der Waals surface area contributed by atoms with Crippen LogP contribution >= 0.6 is 11.6 Å². The highest BCUT2D eigenvalue weighted by Crippen LogP contribution is 2.31. The third kappa shape index (κ3) is 4.88. The Morgan fingerprint density at radius 3 is 2.87 bits per heavy atom. The average molecular weight is 441 g/mol. The summed E-state index contributed by atoms with van der Waals surface area (Å²) >= 11 is 6.07. The Hall–Kier alpha value is -2.93. The molecule has 1 atom stereocenters. The number of benzene rings is 1. The number of aryl methyl sites for hydroxylation is 2. The molecule has 0 N–H and O–H groups in total. The molecule has 7 nitrogen and oxygen atoms in total. The van der Waals surface area contributed by atoms with Crippen LogP contribution in [0.3, 0.4) is 0 Å². The van der Waals surface area contributed by atoms with Crippen LogP contribution in [0.1, 0.15) is 53.9 Å². The number of halogens is 1. The van der Waals surface area contributed by atoms with E-state index in [0.29, 0.717) is 29.6 Å². The summed E-state index contributed by atoms with van der Waals surface area (Å²) < 4.78 is 7.45. The van der Waals surface area contributed by atoms with Gasteiger partial charge in [0, 0.05) is 29.4 Å². The number of nitrogens with zero attached hydrogens (tertiary/aromatic N) is 4. The van der Waals surface area contributed by atoms with Crippen LogP contribution in [0.4, 0.5) is 0 Å². The van der Waals surface area contributed by atoms with Gasteiger partial charge in [-0.15, -0.1) is 0 Å². The molecule has 3 aromatic rings. The van der Waals surface area contributed by atoms with Gasteiger partial charge in [0.1, 0.15) is 18.3 Å². The minimum atomic E-state index is -0.403. The molecular formula is C23H25ClN4O3. The number of likely N-dealkylation sites (tertiary alicyclic amines) is 1. The zero-order valence-corrected chi connectivity index (χ0v) is 18.4. The number of carbonyl (C=O) groups is 1. The van der Waals surface area contributed by atoms with Gasteiger partial charge in [0.2, 0.25) is 11.8 Å². The summed E-state index contributed by atoms with van der Waals surface area (Å²) in [7, 11) is 0. The molecule has 1 saturated heterocycles. The second kappa shape index (κ2) is 9.06. The molecule has 3 heterocycles. The zero-order valence-electron chi connectivity index (χ0n) is 17.7. The standard InChI is InChI=1S/C23H25ClN4O3/c1-15-10-16(2)28(23(30)26-15)14-21(29)27-9-4-3-8-20(27)22-25-13-19(31-22)12-17-6-5-7-18(24)11-17/h5-7,10-11,13,20H,3-4,8-9,12,14H2,1-2H3. The van der Waals surface area contributed by atoms with E-state index in [9.17, 15) is 9.59 Å². The second-order valence-electron chi connectivity index (χ2n) is 7.98. The van der Waals surface area contributed by atoms with E-state index >= 15 is 0 Å². The van der Waals surface area contributed by atoms with Crippen LogP contribution in [0.2, 0.25) is 5.02 Å². The fourth-order valence-electron chi connectivity index (χ4n) is 4.09. The van der Waals surface area contributed by atoms with Gasteiger partial charge in [0.15, 0.2) is 0 Å². The van der Waals surface area contributed by atoms with E-state index in [1.165, 1.54) is 4.57 Å². The van der Waals surface area contributed by atoms with Crippen molar-refractivity contribution in [3.8, 4) is 0 Å². The third-order valence-electron chi connectivity index (χ3n) is 5.59. The predicted molar refractivity (Wildman–Crippen MR) is 117 cm³/mol. The molecule has 0 spiro atoms. The van der Waals surface area contributed by atoms with E-state index < -0.39 is 5.69 Å². The average Bonchev–Trinajstić information content (AvgIpc) is 3.19. The summed E-state index contributed by atoms with van der Waals surface area (Å²) in [6.45, 7) is 4.16. The topological polar surface area (TPSA) is 81.2 Å². The molecule has 0 saturated carbocycles. The van der Waals surface area contributed by atoms with Gasteiger partial charge in [0.25, 0.3) is 0 Å². The molecule has 1 amide bonds. The fraction of sp³-hybridized carbons (Fsp3) is 0.391. The van der Waals surface area contributed by atoms with Gasteiger partial charge in [-0.05, 0) is 56.9 Å². The Bertz CT molecular complexity index is 1150. The van der Waals surface area contributed by atoms with Crippen LogP contribution in [0.25, 0.3) is 0 Å². The van der Waals surface area contributed by atoms with Crippen LogP contribution in [-0.4, -0.2) is 31.9 Å². The summed E-state index contributed by atoms with van der Waals surface area (Å²) in [5.41, 5.74) is 2.00. The predicted octanol–water partition coefficient (Wildman–Crippen LogP) is 3.85. The Kier molecular flexibility index (Phi) is 6.23. The molecule has 8 heteroatoms. The van der Waals surface area contributed by atoms with Gasteiger partial charge < -0.3 is 9.32 Å². The quantitative estimate of drug-likeness (QED) is 0.602. The Morgan fingerprint density at radius 1 is 1.26 bits per heavy atom. The van der Waals surface area contributed by atoms with E-state index in [4.69, 9.17) is 16.0 Å². The van der Waals surface area contributed by atoms with E-state index in [1.807, 2.05) is 31.2 Å². The monoisotopic (exact) mass is 440 g/mol. The fourth-order valence-corrected chi connectivity index (χ4v) is 4.30. The molecular weight excluding hydrogens is 416 g/mol. The third-order valence-corrected chi connectivity index (χ3v) is 5.82. The maximum Gasteiger partial charge on any atom is 0.348 e. The van der Waals surface area contributed by atoms with E-state index in [2.05, 4.69) is 9.97 Å². The highest BCUT2D eigenvalue weighted by Gasteiger charge is 2.31. The highest BCUT2D eigenvalue weighted by molar-refractivity contribution is 6.30. The molecule has 0 bridgehead atoms. The van der Waals surface area contributed by atoms with Crippen molar-refractivity contribution < 1.29 is 9.21 Å². The molecule has 1 unspecified atom stereocenters. The lowest BCUT2D eigenvalue weighted by Crippen LogP contribution is -2.42. The largest absolute Gasteiger partial charge is 0.443 e. The summed E-state index contributed by atoms with van der Waals surface area (Å²) in [5.74, 6) is 1.14. The lowest BCUT2D eigenvalue weighted by Gasteiger charge is -2.34. The van der Waals surface area contributed by atoms with Crippen molar-refractivity contribution in [2.45, 2.75) is 52.1 Å². The highest BCUT2D eigenvalue weighted by atomic mass is 35.5. The van der Waals surface area contributed by atoms with Gasteiger partial charge in [-0.25, -0.2) is 9.78 Å². The molecule has 1 aliphatic heterocycles. The molecule has 162 valence electrons. The van der Waals surface area contributed by atoms with Crippen LogP contribution in [0.5, 0.6) is 0 Å². The number of aromatic nitrogens is 3. The molecule has 0 aliphatic carbocycles. The van der Waals surface area contributed by atoms with E-state index in [0.717, 1.165) is 36.3 Å². The Balaban J connectivity index is 1.52. The summed E-state index contributed by atoms with van der Waals surface area (Å²) in [4.78, 5) is 35.6. The molecule has 1 fully saturated rings. The maximum atomic E-state index is 13.1. The first-order valence-corrected chi connectivity index (χ1v) is 10.8. The van der Waals surface area contributed by atoms with Gasteiger partial charge in [-0.1, -0.05) is 23.7 Å². The Labute approximate surface area is 185 Å². The first kappa shape index (κ1) is 21.3. The summed E-state index contributed by atoms with van der Waals surface area (Å²) in [6.07, 6.45) is 4.98. The molecule has 4 rings (SSSR count). The number of hydrogen-bond donors (Lipinski definition) is 0. The van der Waals surface area contributed by atoms with Crippen molar-refractivity contribution >= 4 is 17.5 Å².